The molecule has 144 valence electrons. The average molecular weight is 370 g/mol. The van der Waals surface area contributed by atoms with Crippen molar-refractivity contribution in [1.29, 1.82) is 0 Å². The first-order chi connectivity index (χ1) is 13.2. The highest BCUT2D eigenvalue weighted by atomic mass is 16.7. The van der Waals surface area contributed by atoms with Crippen LogP contribution in [0.3, 0.4) is 0 Å². The third-order valence-electron chi connectivity index (χ3n) is 4.74. The Morgan fingerprint density at radius 1 is 1.11 bits per heavy atom. The van der Waals surface area contributed by atoms with Gasteiger partial charge in [0.1, 0.15) is 0 Å². The first-order valence-corrected chi connectivity index (χ1v) is 9.47. The van der Waals surface area contributed by atoms with Crippen LogP contribution in [-0.4, -0.2) is 59.6 Å². The maximum Gasteiger partial charge on any atom is 0.247 e. The fourth-order valence-electron chi connectivity index (χ4n) is 3.23. The third-order valence-corrected chi connectivity index (χ3v) is 4.74. The molecule has 8 nitrogen and oxygen atoms in total. The summed E-state index contributed by atoms with van der Waals surface area (Å²) >= 11 is 0. The van der Waals surface area contributed by atoms with Gasteiger partial charge in [-0.3, -0.25) is 4.90 Å². The van der Waals surface area contributed by atoms with Gasteiger partial charge in [-0.2, -0.15) is 10.1 Å². The molecule has 2 aliphatic heterocycles. The molecule has 0 saturated carbocycles. The van der Waals surface area contributed by atoms with Gasteiger partial charge >= 0.3 is 0 Å². The lowest BCUT2D eigenvalue weighted by atomic mass is 10.1. The van der Waals surface area contributed by atoms with Crippen LogP contribution in [0.2, 0.25) is 0 Å². The minimum Gasteiger partial charge on any atom is -0.454 e. The molecule has 0 radical (unpaired) electrons. The predicted octanol–water partition coefficient (Wildman–Crippen LogP) is 1.99. The molecule has 2 aliphatic rings. The minimum atomic E-state index is 0.316. The van der Waals surface area contributed by atoms with Crippen LogP contribution in [0, 0.1) is 5.92 Å². The van der Waals surface area contributed by atoms with Gasteiger partial charge in [-0.15, -0.1) is 5.10 Å². The number of nitrogens with zero attached hydrogens (tertiary/aromatic N) is 5. The quantitative estimate of drug-likeness (QED) is 0.827. The van der Waals surface area contributed by atoms with Gasteiger partial charge in [-0.1, -0.05) is 19.9 Å². The highest BCUT2D eigenvalue weighted by Crippen LogP contribution is 2.32. The zero-order valence-electron chi connectivity index (χ0n) is 15.9. The lowest BCUT2D eigenvalue weighted by Crippen LogP contribution is -2.46. The molecule has 2 aromatic rings. The van der Waals surface area contributed by atoms with E-state index >= 15 is 0 Å². The lowest BCUT2D eigenvalue weighted by molar-refractivity contribution is 0.174. The van der Waals surface area contributed by atoms with Crippen LogP contribution in [0.25, 0.3) is 0 Å². The molecule has 0 spiro atoms. The Kier molecular flexibility index (Phi) is 5.24. The summed E-state index contributed by atoms with van der Waals surface area (Å²) in [5.74, 6) is 3.72. The van der Waals surface area contributed by atoms with Gasteiger partial charge in [0.15, 0.2) is 17.3 Å². The number of piperazine rings is 1. The topological polar surface area (TPSA) is 75.6 Å². The number of rotatable bonds is 6. The van der Waals surface area contributed by atoms with E-state index in [1.807, 2.05) is 6.07 Å². The van der Waals surface area contributed by atoms with Crippen molar-refractivity contribution >= 4 is 11.8 Å². The molecule has 1 aromatic heterocycles. The van der Waals surface area contributed by atoms with Gasteiger partial charge in [-0.05, 0) is 23.6 Å². The van der Waals surface area contributed by atoms with Crippen molar-refractivity contribution in [2.45, 2.75) is 20.4 Å². The van der Waals surface area contributed by atoms with E-state index in [1.165, 1.54) is 5.56 Å². The molecule has 1 N–H and O–H groups in total. The summed E-state index contributed by atoms with van der Waals surface area (Å²) in [4.78, 5) is 9.24. The normalized spacial score (nSPS) is 16.8. The molecule has 1 saturated heterocycles. The van der Waals surface area contributed by atoms with Gasteiger partial charge in [0.2, 0.25) is 12.7 Å². The highest BCUT2D eigenvalue weighted by Gasteiger charge is 2.21. The summed E-state index contributed by atoms with van der Waals surface area (Å²) in [6.07, 6.45) is 1.68. The van der Waals surface area contributed by atoms with Crippen LogP contribution < -0.4 is 19.7 Å². The third kappa shape index (κ3) is 4.39. The minimum absolute atomic E-state index is 0.316. The van der Waals surface area contributed by atoms with Gasteiger partial charge in [0.25, 0.3) is 0 Å². The second-order valence-corrected chi connectivity index (χ2v) is 7.37. The number of fused-ring (bicyclic) bond motifs is 1. The molecule has 0 atom stereocenters. The number of ether oxygens (including phenoxy) is 2. The zero-order valence-corrected chi connectivity index (χ0v) is 15.9. The van der Waals surface area contributed by atoms with E-state index in [4.69, 9.17) is 9.47 Å². The molecule has 4 rings (SSSR count). The molecule has 0 aliphatic carbocycles. The Hall–Kier alpha value is -2.61. The number of hydrogen-bond donors (Lipinski definition) is 1. The Balaban J connectivity index is 1.32. The molecule has 1 fully saturated rings. The number of nitrogens with one attached hydrogen (secondary N) is 1. The van der Waals surface area contributed by atoms with E-state index in [0.717, 1.165) is 56.6 Å². The molecule has 27 heavy (non-hydrogen) atoms. The summed E-state index contributed by atoms with van der Waals surface area (Å²) in [5.41, 5.74) is 1.24. The van der Waals surface area contributed by atoms with Crippen molar-refractivity contribution in [3.8, 4) is 11.5 Å². The van der Waals surface area contributed by atoms with Crippen LogP contribution in [0.4, 0.5) is 11.8 Å². The van der Waals surface area contributed by atoms with E-state index in [1.54, 1.807) is 6.20 Å². The maximum absolute atomic E-state index is 5.47. The van der Waals surface area contributed by atoms with Crippen molar-refractivity contribution in [2.24, 2.45) is 5.92 Å². The van der Waals surface area contributed by atoms with Crippen molar-refractivity contribution in [1.82, 2.24) is 20.1 Å². The summed E-state index contributed by atoms with van der Waals surface area (Å²) in [5, 5.41) is 11.6. The highest BCUT2D eigenvalue weighted by molar-refractivity contribution is 5.44. The fraction of sp³-hybridized carbons (Fsp3) is 0.526. The smallest absolute Gasteiger partial charge is 0.247 e. The van der Waals surface area contributed by atoms with Crippen LogP contribution in [-0.2, 0) is 6.54 Å². The Bertz CT molecular complexity index is 777. The Labute approximate surface area is 159 Å². The van der Waals surface area contributed by atoms with Gasteiger partial charge in [0.05, 0.1) is 6.20 Å². The molecular formula is C19H26N6O2. The fourth-order valence-corrected chi connectivity index (χ4v) is 3.23. The summed E-state index contributed by atoms with van der Waals surface area (Å²) in [6.45, 7) is 10.1. The first-order valence-electron chi connectivity index (χ1n) is 9.47. The predicted molar refractivity (Wildman–Crippen MR) is 103 cm³/mol. The maximum atomic E-state index is 5.47. The largest absolute Gasteiger partial charge is 0.454 e. The second kappa shape index (κ2) is 7.96. The molecule has 0 unspecified atom stereocenters. The van der Waals surface area contributed by atoms with Gasteiger partial charge in [0, 0.05) is 39.3 Å². The standard InChI is InChI=1S/C19H26N6O2/c1-14(2)10-20-18-11-21-23-19(22-18)25-7-5-24(6-8-25)12-15-3-4-16-17(9-15)27-13-26-16/h3-4,9,11,14H,5-8,10,12-13H2,1-2H3,(H,20,22,23). The summed E-state index contributed by atoms with van der Waals surface area (Å²) in [6, 6.07) is 6.17. The molecule has 3 heterocycles. The second-order valence-electron chi connectivity index (χ2n) is 7.37. The summed E-state index contributed by atoms with van der Waals surface area (Å²) in [7, 11) is 0. The lowest BCUT2D eigenvalue weighted by Gasteiger charge is -2.34. The monoisotopic (exact) mass is 370 g/mol. The molecule has 0 amide bonds. The average Bonchev–Trinajstić information content (AvgIpc) is 3.15. The van der Waals surface area contributed by atoms with Crippen molar-refractivity contribution < 1.29 is 9.47 Å². The van der Waals surface area contributed by atoms with E-state index in [2.05, 4.69) is 56.3 Å². The van der Waals surface area contributed by atoms with Crippen molar-refractivity contribution in [3.63, 3.8) is 0 Å². The van der Waals surface area contributed by atoms with Crippen LogP contribution >= 0.6 is 0 Å². The van der Waals surface area contributed by atoms with Crippen LogP contribution in [0.1, 0.15) is 19.4 Å². The summed E-state index contributed by atoms with van der Waals surface area (Å²) < 4.78 is 10.8. The Morgan fingerprint density at radius 3 is 2.74 bits per heavy atom. The van der Waals surface area contributed by atoms with Gasteiger partial charge < -0.3 is 19.7 Å². The molecule has 1 aromatic carbocycles. The van der Waals surface area contributed by atoms with E-state index in [0.29, 0.717) is 18.7 Å². The number of hydrogen-bond acceptors (Lipinski definition) is 8. The number of aromatic nitrogens is 3. The molecule has 0 bridgehead atoms. The van der Waals surface area contributed by atoms with Crippen LogP contribution in [0.15, 0.2) is 24.4 Å². The van der Waals surface area contributed by atoms with E-state index < -0.39 is 0 Å². The number of anilines is 2. The molecular weight excluding hydrogens is 344 g/mol. The van der Waals surface area contributed by atoms with E-state index in [9.17, 15) is 0 Å². The van der Waals surface area contributed by atoms with E-state index in [-0.39, 0.29) is 0 Å². The van der Waals surface area contributed by atoms with Gasteiger partial charge in [-0.25, -0.2) is 0 Å². The molecule has 8 heteroatoms. The zero-order chi connectivity index (χ0) is 18.6. The SMILES string of the molecule is CC(C)CNc1cnnc(N2CCN(Cc3ccc4c(c3)OCO4)CC2)n1. The van der Waals surface area contributed by atoms with Crippen LogP contribution in [0.5, 0.6) is 11.5 Å². The number of benzene rings is 1. The Morgan fingerprint density at radius 2 is 1.93 bits per heavy atom. The van der Waals surface area contributed by atoms with Crippen molar-refractivity contribution in [2.75, 3.05) is 49.7 Å². The van der Waals surface area contributed by atoms with Crippen molar-refractivity contribution in [3.05, 3.63) is 30.0 Å². The first kappa shape index (κ1) is 17.8.